The number of hydrogen-bond donors (Lipinski definition) is 2. The molecule has 0 aromatic heterocycles. The van der Waals surface area contributed by atoms with Gasteiger partial charge in [0.05, 0.1) is 25.2 Å². The van der Waals surface area contributed by atoms with Crippen molar-refractivity contribution in [1.82, 2.24) is 0 Å². The summed E-state index contributed by atoms with van der Waals surface area (Å²) >= 11 is 0.889. The zero-order chi connectivity index (χ0) is 20.2. The van der Waals surface area contributed by atoms with Gasteiger partial charge in [0.25, 0.3) is 0 Å². The van der Waals surface area contributed by atoms with E-state index in [0.29, 0.717) is 12.8 Å². The summed E-state index contributed by atoms with van der Waals surface area (Å²) in [5.41, 5.74) is -3.21. The first-order valence-corrected chi connectivity index (χ1v) is 10.5. The number of methoxy groups -OCH3 is 1. The summed E-state index contributed by atoms with van der Waals surface area (Å²) in [6, 6.07) is 0. The molecule has 0 amide bonds. The fourth-order valence-electron chi connectivity index (χ4n) is 4.56. The molecule has 1 saturated carbocycles. The molecule has 27 heavy (non-hydrogen) atoms. The molecule has 0 aliphatic heterocycles. The molecule has 0 spiro atoms. The number of carbonyl (C=O) groups excluding carboxylic acids is 3. The van der Waals surface area contributed by atoms with Crippen LogP contribution in [0.3, 0.4) is 0 Å². The number of aliphatic hydroxyl groups is 2. The lowest BCUT2D eigenvalue weighted by atomic mass is 9.65. The largest absolute Gasteiger partial charge is 0.469 e. The van der Waals surface area contributed by atoms with E-state index in [1.165, 1.54) is 14.0 Å². The Morgan fingerprint density at radius 2 is 2.15 bits per heavy atom. The molecule has 0 aromatic carbocycles. The third-order valence-electron chi connectivity index (χ3n) is 6.16. The number of hydrogen-bond acceptors (Lipinski definition) is 7. The Bertz CT molecular complexity index is 614. The van der Waals surface area contributed by atoms with Gasteiger partial charge in [-0.25, -0.2) is 0 Å². The summed E-state index contributed by atoms with van der Waals surface area (Å²) in [5, 5.41) is 22.1. The van der Waals surface area contributed by atoms with E-state index in [0.717, 1.165) is 24.6 Å². The van der Waals surface area contributed by atoms with Crippen LogP contribution in [0.15, 0.2) is 12.2 Å². The highest BCUT2D eigenvalue weighted by molar-refractivity contribution is 8.13. The number of aliphatic hydroxyl groups excluding tert-OH is 1. The lowest BCUT2D eigenvalue weighted by Gasteiger charge is -2.45. The van der Waals surface area contributed by atoms with Gasteiger partial charge in [0.15, 0.2) is 0 Å². The van der Waals surface area contributed by atoms with Gasteiger partial charge in [-0.05, 0) is 32.6 Å². The minimum absolute atomic E-state index is 0.0513. The average molecular weight is 399 g/mol. The van der Waals surface area contributed by atoms with Crippen molar-refractivity contribution >= 4 is 28.6 Å². The van der Waals surface area contributed by atoms with Crippen LogP contribution >= 0.6 is 11.8 Å². The van der Waals surface area contributed by atoms with Gasteiger partial charge in [-0.3, -0.25) is 14.4 Å². The van der Waals surface area contributed by atoms with Gasteiger partial charge >= 0.3 is 5.97 Å². The van der Waals surface area contributed by atoms with Gasteiger partial charge in [0.2, 0.25) is 5.12 Å². The van der Waals surface area contributed by atoms with Crippen molar-refractivity contribution in [2.45, 2.75) is 64.1 Å². The van der Waals surface area contributed by atoms with Crippen molar-refractivity contribution in [3.05, 3.63) is 12.2 Å². The Labute approximate surface area is 164 Å². The normalized spacial score (nSPS) is 34.5. The SMILES string of the molecule is CC[C@H]1C(=O)C[C@](C(=O)SCCC(=O)OC)([C@@H](O)[C@@H]2C=CCCC2)[C@@]1(C)O. The first-order valence-electron chi connectivity index (χ1n) is 9.56. The van der Waals surface area contributed by atoms with Crippen LogP contribution in [-0.4, -0.2) is 51.6 Å². The molecular formula is C20H30O6S. The molecular weight excluding hydrogens is 368 g/mol. The predicted molar refractivity (Wildman–Crippen MR) is 103 cm³/mol. The second-order valence-corrected chi connectivity index (χ2v) is 8.72. The molecule has 2 N–H and O–H groups in total. The number of rotatable bonds is 7. The highest BCUT2D eigenvalue weighted by Gasteiger charge is 2.67. The van der Waals surface area contributed by atoms with Gasteiger partial charge in [-0.15, -0.1) is 0 Å². The van der Waals surface area contributed by atoms with E-state index >= 15 is 0 Å². The smallest absolute Gasteiger partial charge is 0.306 e. The monoisotopic (exact) mass is 398 g/mol. The number of esters is 1. The lowest BCUT2D eigenvalue weighted by Crippen LogP contribution is -2.58. The molecule has 1 fully saturated rings. The molecule has 0 saturated heterocycles. The number of allylic oxidation sites excluding steroid dienone is 1. The Morgan fingerprint density at radius 1 is 1.44 bits per heavy atom. The molecule has 6 nitrogen and oxygen atoms in total. The van der Waals surface area contributed by atoms with Crippen LogP contribution < -0.4 is 0 Å². The molecule has 152 valence electrons. The van der Waals surface area contributed by atoms with Crippen molar-refractivity contribution < 1.29 is 29.3 Å². The zero-order valence-electron chi connectivity index (χ0n) is 16.3. The number of Topliss-reactive ketones (excluding diaryl/α,β-unsaturated/α-hetero) is 1. The van der Waals surface area contributed by atoms with E-state index in [-0.39, 0.29) is 30.3 Å². The lowest BCUT2D eigenvalue weighted by molar-refractivity contribution is -0.161. The Kier molecular flexibility index (Phi) is 7.27. The standard InChI is InChI=1S/C20H30O6S/c1-4-14-15(21)12-20(19(14,2)25,17(23)13-8-6-5-7-9-13)18(24)27-11-10-16(22)26-3/h6,8,13-14,17,23,25H,4-5,7,9-12H2,1-3H3/t13-,14+,17+,19+,20-/m1/s1. The van der Waals surface area contributed by atoms with Crippen LogP contribution in [0, 0.1) is 17.3 Å². The maximum atomic E-state index is 13.3. The van der Waals surface area contributed by atoms with Crippen LogP contribution in [0.4, 0.5) is 0 Å². The number of carbonyl (C=O) groups is 3. The second kappa shape index (κ2) is 8.88. The van der Waals surface area contributed by atoms with E-state index in [4.69, 9.17) is 0 Å². The first-order chi connectivity index (χ1) is 12.7. The van der Waals surface area contributed by atoms with Crippen molar-refractivity contribution in [3.63, 3.8) is 0 Å². The Hall–Kier alpha value is -1.18. The minimum atomic E-state index is -1.64. The van der Waals surface area contributed by atoms with Crippen LogP contribution in [0.5, 0.6) is 0 Å². The van der Waals surface area contributed by atoms with Crippen molar-refractivity contribution in [1.29, 1.82) is 0 Å². The molecule has 0 aromatic rings. The topological polar surface area (TPSA) is 101 Å². The summed E-state index contributed by atoms with van der Waals surface area (Å²) in [6.07, 6.45) is 5.52. The minimum Gasteiger partial charge on any atom is -0.469 e. The molecule has 0 unspecified atom stereocenters. The van der Waals surface area contributed by atoms with Gasteiger partial charge in [-0.2, -0.15) is 0 Å². The van der Waals surface area contributed by atoms with E-state index in [1.807, 2.05) is 12.2 Å². The van der Waals surface area contributed by atoms with E-state index in [2.05, 4.69) is 4.74 Å². The summed E-state index contributed by atoms with van der Waals surface area (Å²) < 4.78 is 4.59. The highest BCUT2D eigenvalue weighted by Crippen LogP contribution is 2.55. The van der Waals surface area contributed by atoms with Crippen molar-refractivity contribution in [3.8, 4) is 0 Å². The van der Waals surface area contributed by atoms with Crippen molar-refractivity contribution in [2.75, 3.05) is 12.9 Å². The molecule has 5 atom stereocenters. The third-order valence-corrected chi connectivity index (χ3v) is 7.20. The number of thioether (sulfide) groups is 1. The summed E-state index contributed by atoms with van der Waals surface area (Å²) in [7, 11) is 1.28. The fraction of sp³-hybridized carbons (Fsp3) is 0.750. The van der Waals surface area contributed by atoms with E-state index in [9.17, 15) is 24.6 Å². The van der Waals surface area contributed by atoms with E-state index in [1.54, 1.807) is 6.92 Å². The maximum Gasteiger partial charge on any atom is 0.306 e. The van der Waals surface area contributed by atoms with Crippen LogP contribution in [0.2, 0.25) is 0 Å². The molecule has 0 bridgehead atoms. The number of ether oxygens (including phenoxy) is 1. The molecule has 2 rings (SSSR count). The van der Waals surface area contributed by atoms with Crippen LogP contribution in [0.25, 0.3) is 0 Å². The van der Waals surface area contributed by atoms with Crippen LogP contribution in [0.1, 0.15) is 52.4 Å². The van der Waals surface area contributed by atoms with Gasteiger partial charge in [0.1, 0.15) is 11.2 Å². The zero-order valence-corrected chi connectivity index (χ0v) is 17.1. The third kappa shape index (κ3) is 4.00. The summed E-state index contributed by atoms with van der Waals surface area (Å²) in [5.74, 6) is -1.41. The first kappa shape index (κ1) is 22.1. The molecule has 0 radical (unpaired) electrons. The molecule has 2 aliphatic carbocycles. The molecule has 2 aliphatic rings. The number of ketones is 1. The predicted octanol–water partition coefficient (Wildman–Crippen LogP) is 2.26. The second-order valence-electron chi connectivity index (χ2n) is 7.65. The Morgan fingerprint density at radius 3 is 2.67 bits per heavy atom. The average Bonchev–Trinajstić information content (AvgIpc) is 2.86. The Balaban J connectivity index is 2.35. The molecule has 0 heterocycles. The van der Waals surface area contributed by atoms with Gasteiger partial charge in [-0.1, -0.05) is 30.8 Å². The van der Waals surface area contributed by atoms with Gasteiger partial charge in [0, 0.05) is 24.0 Å². The maximum absolute atomic E-state index is 13.3. The highest BCUT2D eigenvalue weighted by atomic mass is 32.2. The van der Waals surface area contributed by atoms with E-state index < -0.39 is 34.1 Å². The van der Waals surface area contributed by atoms with Crippen LogP contribution in [-0.2, 0) is 19.1 Å². The fourth-order valence-corrected chi connectivity index (χ4v) is 5.67. The van der Waals surface area contributed by atoms with Gasteiger partial charge < -0.3 is 14.9 Å². The summed E-state index contributed by atoms with van der Waals surface area (Å²) in [4.78, 5) is 37.2. The summed E-state index contributed by atoms with van der Waals surface area (Å²) in [6.45, 7) is 3.30. The quantitative estimate of drug-likeness (QED) is 0.501. The van der Waals surface area contributed by atoms with Crippen molar-refractivity contribution in [2.24, 2.45) is 17.3 Å². The molecule has 7 heteroatoms.